The van der Waals surface area contributed by atoms with Crippen LogP contribution in [0.5, 0.6) is 5.75 Å². The van der Waals surface area contributed by atoms with E-state index in [2.05, 4.69) is 36.8 Å². The maximum Gasteiger partial charge on any atom is 0.120 e. The van der Waals surface area contributed by atoms with Gasteiger partial charge in [-0.25, -0.2) is 0 Å². The zero-order valence-corrected chi connectivity index (χ0v) is 12.8. The summed E-state index contributed by atoms with van der Waals surface area (Å²) in [6, 6.07) is 7.69. The first kappa shape index (κ1) is 13.9. The van der Waals surface area contributed by atoms with Gasteiger partial charge in [-0.2, -0.15) is 0 Å². The first-order valence-corrected chi connectivity index (χ1v) is 7.81. The summed E-state index contributed by atoms with van der Waals surface area (Å²) in [5.41, 5.74) is 2.29. The van der Waals surface area contributed by atoms with Gasteiger partial charge in [-0.1, -0.05) is 17.7 Å². The molecular formula is C17H26N2O. The molecule has 1 aromatic rings. The summed E-state index contributed by atoms with van der Waals surface area (Å²) in [5, 5.41) is 10.2. The van der Waals surface area contributed by atoms with E-state index in [1.54, 1.807) is 0 Å². The second kappa shape index (κ2) is 5.38. The SMILES string of the molecule is Cc1ccc(O)c(C(C)N2CCC3CCC(C2)N3C)c1. The Bertz CT molecular complexity index is 488. The average Bonchev–Trinajstić information content (AvgIpc) is 2.65. The largest absolute Gasteiger partial charge is 0.508 e. The molecule has 2 aliphatic rings. The molecule has 0 aliphatic carbocycles. The van der Waals surface area contributed by atoms with Crippen LogP contribution >= 0.6 is 0 Å². The fourth-order valence-electron chi connectivity index (χ4n) is 3.89. The molecule has 110 valence electrons. The number of benzene rings is 1. The van der Waals surface area contributed by atoms with Crippen LogP contribution in [0, 0.1) is 6.92 Å². The van der Waals surface area contributed by atoms with Crippen LogP contribution in [0.1, 0.15) is 43.4 Å². The highest BCUT2D eigenvalue weighted by molar-refractivity contribution is 5.37. The number of aryl methyl sites for hydroxylation is 1. The maximum absolute atomic E-state index is 10.2. The summed E-state index contributed by atoms with van der Waals surface area (Å²) in [5.74, 6) is 0.436. The van der Waals surface area contributed by atoms with E-state index < -0.39 is 0 Å². The van der Waals surface area contributed by atoms with Gasteiger partial charge in [0.1, 0.15) is 5.75 Å². The number of fused-ring (bicyclic) bond motifs is 2. The van der Waals surface area contributed by atoms with Crippen LogP contribution < -0.4 is 0 Å². The monoisotopic (exact) mass is 274 g/mol. The van der Waals surface area contributed by atoms with Crippen LogP contribution in [-0.2, 0) is 0 Å². The van der Waals surface area contributed by atoms with Gasteiger partial charge in [0.15, 0.2) is 0 Å². The zero-order chi connectivity index (χ0) is 14.3. The molecule has 3 nitrogen and oxygen atoms in total. The van der Waals surface area contributed by atoms with E-state index in [0.717, 1.165) is 24.7 Å². The van der Waals surface area contributed by atoms with Crippen molar-refractivity contribution in [2.45, 2.75) is 51.2 Å². The van der Waals surface area contributed by atoms with Gasteiger partial charge in [0.05, 0.1) is 0 Å². The molecule has 0 saturated carbocycles. The molecular weight excluding hydrogens is 248 g/mol. The predicted molar refractivity (Wildman–Crippen MR) is 82.0 cm³/mol. The number of aromatic hydroxyl groups is 1. The van der Waals surface area contributed by atoms with Gasteiger partial charge >= 0.3 is 0 Å². The van der Waals surface area contributed by atoms with Gasteiger partial charge in [-0.15, -0.1) is 0 Å². The molecule has 2 bridgehead atoms. The summed E-state index contributed by atoms with van der Waals surface area (Å²) in [6.45, 7) is 6.59. The summed E-state index contributed by atoms with van der Waals surface area (Å²) in [7, 11) is 2.28. The van der Waals surface area contributed by atoms with Crippen molar-refractivity contribution in [3.8, 4) is 5.75 Å². The third-order valence-corrected chi connectivity index (χ3v) is 5.36. The second-order valence-corrected chi connectivity index (χ2v) is 6.57. The second-order valence-electron chi connectivity index (χ2n) is 6.57. The van der Waals surface area contributed by atoms with Gasteiger partial charge < -0.3 is 5.11 Å². The topological polar surface area (TPSA) is 26.7 Å². The van der Waals surface area contributed by atoms with E-state index in [1.165, 1.54) is 24.8 Å². The van der Waals surface area contributed by atoms with Crippen LogP contribution in [0.2, 0.25) is 0 Å². The molecule has 3 unspecified atom stereocenters. The minimum Gasteiger partial charge on any atom is -0.508 e. The first-order chi connectivity index (χ1) is 9.56. The van der Waals surface area contributed by atoms with Crippen LogP contribution in [0.25, 0.3) is 0 Å². The number of phenolic OH excluding ortho intramolecular Hbond substituents is 1. The number of likely N-dealkylation sites (N-methyl/N-ethyl adjacent to an activating group) is 1. The number of hydrogen-bond donors (Lipinski definition) is 1. The molecule has 2 fully saturated rings. The number of likely N-dealkylation sites (tertiary alicyclic amines) is 1. The lowest BCUT2D eigenvalue weighted by molar-refractivity contribution is 0.179. The van der Waals surface area contributed by atoms with Gasteiger partial charge in [-0.3, -0.25) is 9.80 Å². The number of phenols is 1. The third kappa shape index (κ3) is 2.45. The molecule has 2 saturated heterocycles. The van der Waals surface area contributed by atoms with Gasteiger partial charge in [0.25, 0.3) is 0 Å². The molecule has 3 rings (SSSR count). The normalized spacial score (nSPS) is 29.4. The highest BCUT2D eigenvalue weighted by Crippen LogP contribution is 2.34. The van der Waals surface area contributed by atoms with E-state index in [0.29, 0.717) is 17.8 Å². The molecule has 1 aromatic carbocycles. The molecule has 3 heteroatoms. The standard InChI is InChI=1S/C17H26N2O/c1-12-4-7-17(20)16(10-12)13(2)19-9-8-14-5-6-15(11-19)18(14)3/h4,7,10,13-15,20H,5-6,8-9,11H2,1-3H3. The lowest BCUT2D eigenvalue weighted by atomic mass is 10.0. The Labute approximate surface area is 122 Å². The summed E-state index contributed by atoms with van der Waals surface area (Å²) in [6.07, 6.45) is 3.94. The number of rotatable bonds is 2. The lowest BCUT2D eigenvalue weighted by Crippen LogP contribution is -2.37. The highest BCUT2D eigenvalue weighted by Gasteiger charge is 2.36. The zero-order valence-electron chi connectivity index (χ0n) is 12.8. The molecule has 3 atom stereocenters. The van der Waals surface area contributed by atoms with Gasteiger partial charge in [-0.05, 0) is 46.2 Å². The highest BCUT2D eigenvalue weighted by atomic mass is 16.3. The smallest absolute Gasteiger partial charge is 0.120 e. The Morgan fingerprint density at radius 2 is 1.95 bits per heavy atom. The average molecular weight is 274 g/mol. The first-order valence-electron chi connectivity index (χ1n) is 7.81. The predicted octanol–water partition coefficient (Wildman–Crippen LogP) is 2.93. The van der Waals surface area contributed by atoms with Gasteiger partial charge in [0, 0.05) is 36.8 Å². The fraction of sp³-hybridized carbons (Fsp3) is 0.647. The van der Waals surface area contributed by atoms with Gasteiger partial charge in [0.2, 0.25) is 0 Å². The van der Waals surface area contributed by atoms with Crippen molar-refractivity contribution < 1.29 is 5.11 Å². The number of nitrogens with zero attached hydrogens (tertiary/aromatic N) is 2. The third-order valence-electron chi connectivity index (χ3n) is 5.36. The quantitative estimate of drug-likeness (QED) is 0.898. The van der Waals surface area contributed by atoms with Crippen LogP contribution in [0.15, 0.2) is 18.2 Å². The molecule has 0 aromatic heterocycles. The maximum atomic E-state index is 10.2. The summed E-state index contributed by atoms with van der Waals surface area (Å²) >= 11 is 0. The Balaban J connectivity index is 1.80. The Morgan fingerprint density at radius 1 is 1.20 bits per heavy atom. The van der Waals surface area contributed by atoms with E-state index in [4.69, 9.17) is 0 Å². The van der Waals surface area contributed by atoms with Crippen molar-refractivity contribution >= 4 is 0 Å². The Kier molecular flexibility index (Phi) is 3.74. The van der Waals surface area contributed by atoms with Crippen molar-refractivity contribution in [1.82, 2.24) is 9.80 Å². The molecule has 2 heterocycles. The molecule has 1 N–H and O–H groups in total. The minimum atomic E-state index is 0.294. The van der Waals surface area contributed by atoms with Crippen molar-refractivity contribution in [3.05, 3.63) is 29.3 Å². The lowest BCUT2D eigenvalue weighted by Gasteiger charge is -2.31. The molecule has 2 aliphatic heterocycles. The van der Waals surface area contributed by atoms with Crippen LogP contribution in [0.4, 0.5) is 0 Å². The number of hydrogen-bond acceptors (Lipinski definition) is 3. The van der Waals surface area contributed by atoms with Crippen LogP contribution in [-0.4, -0.2) is 47.1 Å². The minimum absolute atomic E-state index is 0.294. The van der Waals surface area contributed by atoms with E-state index in [-0.39, 0.29) is 0 Å². The summed E-state index contributed by atoms with van der Waals surface area (Å²) in [4.78, 5) is 5.12. The Morgan fingerprint density at radius 3 is 2.75 bits per heavy atom. The molecule has 20 heavy (non-hydrogen) atoms. The van der Waals surface area contributed by atoms with Crippen molar-refractivity contribution in [3.63, 3.8) is 0 Å². The van der Waals surface area contributed by atoms with Crippen molar-refractivity contribution in [2.75, 3.05) is 20.1 Å². The van der Waals surface area contributed by atoms with Crippen molar-refractivity contribution in [1.29, 1.82) is 0 Å². The fourth-order valence-corrected chi connectivity index (χ4v) is 3.89. The van der Waals surface area contributed by atoms with E-state index in [9.17, 15) is 5.11 Å². The van der Waals surface area contributed by atoms with Crippen LogP contribution in [0.3, 0.4) is 0 Å². The molecule has 0 spiro atoms. The van der Waals surface area contributed by atoms with Crippen molar-refractivity contribution in [2.24, 2.45) is 0 Å². The van der Waals surface area contributed by atoms with E-state index >= 15 is 0 Å². The van der Waals surface area contributed by atoms with E-state index in [1.807, 2.05) is 12.1 Å². The molecule has 0 radical (unpaired) electrons. The Hall–Kier alpha value is -1.06. The summed E-state index contributed by atoms with van der Waals surface area (Å²) < 4.78 is 0. The molecule has 0 amide bonds.